The number of carbonyl (C=O) groups is 1. The number of rotatable bonds is 7. The first-order valence-corrected chi connectivity index (χ1v) is 6.73. The van der Waals surface area contributed by atoms with Gasteiger partial charge in [0, 0.05) is 25.2 Å². The van der Waals surface area contributed by atoms with Crippen LogP contribution in [-0.4, -0.2) is 40.5 Å². The summed E-state index contributed by atoms with van der Waals surface area (Å²) in [5, 5.41) is 19.9. The Kier molecular flexibility index (Phi) is 6.41. The number of non-ortho nitro benzene ring substituents is 1. The van der Waals surface area contributed by atoms with E-state index in [0.717, 1.165) is 12.8 Å². The van der Waals surface area contributed by atoms with E-state index in [9.17, 15) is 14.9 Å². The van der Waals surface area contributed by atoms with Gasteiger partial charge in [-0.15, -0.1) is 0 Å². The van der Waals surface area contributed by atoms with Crippen molar-refractivity contribution in [3.05, 3.63) is 38.9 Å². The first kappa shape index (κ1) is 16.4. The van der Waals surface area contributed by atoms with Crippen LogP contribution in [0, 0.1) is 10.1 Å². The van der Waals surface area contributed by atoms with Gasteiger partial charge in [-0.3, -0.25) is 14.9 Å². The molecule has 6 nitrogen and oxygen atoms in total. The molecule has 1 aromatic carbocycles. The molecular formula is C13H17ClN2O4. The van der Waals surface area contributed by atoms with Crippen LogP contribution in [0.15, 0.2) is 18.2 Å². The lowest BCUT2D eigenvalue weighted by atomic mass is 10.1. The fourth-order valence-electron chi connectivity index (χ4n) is 1.75. The highest BCUT2D eigenvalue weighted by Crippen LogP contribution is 2.23. The summed E-state index contributed by atoms with van der Waals surface area (Å²) in [6, 6.07) is 3.76. The molecule has 0 bridgehead atoms. The van der Waals surface area contributed by atoms with Crippen molar-refractivity contribution in [3.63, 3.8) is 0 Å². The zero-order valence-corrected chi connectivity index (χ0v) is 12.0. The summed E-state index contributed by atoms with van der Waals surface area (Å²) >= 11 is 5.94. The third-order valence-corrected chi connectivity index (χ3v) is 3.16. The number of unbranched alkanes of at least 4 members (excludes halogenated alkanes) is 1. The van der Waals surface area contributed by atoms with Gasteiger partial charge >= 0.3 is 0 Å². The second-order valence-corrected chi connectivity index (χ2v) is 4.70. The van der Waals surface area contributed by atoms with Gasteiger partial charge in [0.15, 0.2) is 0 Å². The maximum Gasteiger partial charge on any atom is 0.270 e. The summed E-state index contributed by atoms with van der Waals surface area (Å²) in [4.78, 5) is 24.0. The Hall–Kier alpha value is -1.66. The van der Waals surface area contributed by atoms with Crippen LogP contribution in [0.4, 0.5) is 5.69 Å². The summed E-state index contributed by atoms with van der Waals surface area (Å²) < 4.78 is 0. The number of benzene rings is 1. The highest BCUT2D eigenvalue weighted by Gasteiger charge is 2.20. The highest BCUT2D eigenvalue weighted by molar-refractivity contribution is 6.33. The number of nitro benzene ring substituents is 1. The van der Waals surface area contributed by atoms with Crippen LogP contribution in [0.1, 0.15) is 30.1 Å². The maximum atomic E-state index is 12.3. The van der Waals surface area contributed by atoms with Crippen molar-refractivity contribution >= 4 is 23.2 Å². The molecule has 0 aromatic heterocycles. The van der Waals surface area contributed by atoms with Crippen LogP contribution < -0.4 is 0 Å². The van der Waals surface area contributed by atoms with Crippen molar-refractivity contribution in [2.24, 2.45) is 0 Å². The molecule has 7 heteroatoms. The highest BCUT2D eigenvalue weighted by atomic mass is 35.5. The molecule has 0 unspecified atom stereocenters. The van der Waals surface area contributed by atoms with E-state index >= 15 is 0 Å². The SMILES string of the molecule is CCCCN(CCO)C(=O)c1cc([N+](=O)[O-])ccc1Cl. The monoisotopic (exact) mass is 300 g/mol. The molecule has 1 amide bonds. The molecule has 110 valence electrons. The van der Waals surface area contributed by atoms with Gasteiger partial charge in [-0.05, 0) is 12.5 Å². The van der Waals surface area contributed by atoms with Crippen molar-refractivity contribution in [2.75, 3.05) is 19.7 Å². The van der Waals surface area contributed by atoms with E-state index in [0.29, 0.717) is 6.54 Å². The molecule has 0 atom stereocenters. The molecule has 20 heavy (non-hydrogen) atoms. The van der Waals surface area contributed by atoms with Gasteiger partial charge in [0.05, 0.1) is 22.1 Å². The number of carbonyl (C=O) groups excluding carboxylic acids is 1. The molecule has 0 aliphatic carbocycles. The largest absolute Gasteiger partial charge is 0.395 e. The van der Waals surface area contributed by atoms with E-state index in [1.54, 1.807) is 0 Å². The fraction of sp³-hybridized carbons (Fsp3) is 0.462. The number of halogens is 1. The van der Waals surface area contributed by atoms with E-state index in [4.69, 9.17) is 16.7 Å². The maximum absolute atomic E-state index is 12.3. The predicted molar refractivity (Wildman–Crippen MR) is 76.0 cm³/mol. The van der Waals surface area contributed by atoms with Crippen molar-refractivity contribution in [3.8, 4) is 0 Å². The molecule has 1 aromatic rings. The Morgan fingerprint density at radius 2 is 2.15 bits per heavy atom. The van der Waals surface area contributed by atoms with Gasteiger partial charge in [-0.1, -0.05) is 24.9 Å². The van der Waals surface area contributed by atoms with Crippen molar-refractivity contribution in [1.29, 1.82) is 0 Å². The topological polar surface area (TPSA) is 83.7 Å². The molecule has 0 aliphatic rings. The Bertz CT molecular complexity index is 493. The third-order valence-electron chi connectivity index (χ3n) is 2.83. The van der Waals surface area contributed by atoms with Crippen LogP contribution in [0.25, 0.3) is 0 Å². The average Bonchev–Trinajstić information content (AvgIpc) is 2.43. The Morgan fingerprint density at radius 3 is 2.70 bits per heavy atom. The summed E-state index contributed by atoms with van der Waals surface area (Å²) in [6.07, 6.45) is 1.69. The summed E-state index contributed by atoms with van der Waals surface area (Å²) in [5.74, 6) is -0.402. The Labute approximate surface area is 122 Å². The van der Waals surface area contributed by atoms with Crippen LogP contribution in [-0.2, 0) is 0 Å². The second-order valence-electron chi connectivity index (χ2n) is 4.29. The first-order valence-electron chi connectivity index (χ1n) is 6.35. The normalized spacial score (nSPS) is 10.3. The number of aliphatic hydroxyl groups is 1. The number of nitrogens with zero attached hydrogens (tertiary/aromatic N) is 2. The van der Waals surface area contributed by atoms with Crippen molar-refractivity contribution in [2.45, 2.75) is 19.8 Å². The molecule has 0 saturated carbocycles. The number of nitro groups is 1. The molecule has 0 radical (unpaired) electrons. The lowest BCUT2D eigenvalue weighted by Crippen LogP contribution is -2.34. The van der Waals surface area contributed by atoms with Crippen LogP contribution in [0.5, 0.6) is 0 Å². The van der Waals surface area contributed by atoms with Gasteiger partial charge < -0.3 is 10.0 Å². The summed E-state index contributed by atoms with van der Waals surface area (Å²) in [6.45, 7) is 2.48. The third kappa shape index (κ3) is 4.18. The molecule has 1 N–H and O–H groups in total. The molecule has 1 rings (SSSR count). The quantitative estimate of drug-likeness (QED) is 0.619. The number of hydrogen-bond donors (Lipinski definition) is 1. The summed E-state index contributed by atoms with van der Waals surface area (Å²) in [5.41, 5.74) is -0.0948. The molecule has 0 aliphatic heterocycles. The Morgan fingerprint density at radius 1 is 1.45 bits per heavy atom. The smallest absolute Gasteiger partial charge is 0.270 e. The standard InChI is InChI=1S/C13H17ClN2O4/c1-2-3-6-15(7-8-17)13(18)11-9-10(16(19)20)4-5-12(11)14/h4-5,9,17H,2-3,6-8H2,1H3. The van der Waals surface area contributed by atoms with Gasteiger partial charge in [-0.25, -0.2) is 0 Å². The molecule has 0 heterocycles. The number of amides is 1. The van der Waals surface area contributed by atoms with Crippen LogP contribution in [0.3, 0.4) is 0 Å². The van der Waals surface area contributed by atoms with Crippen LogP contribution >= 0.6 is 11.6 Å². The van der Waals surface area contributed by atoms with E-state index in [2.05, 4.69) is 0 Å². The van der Waals surface area contributed by atoms with Gasteiger partial charge in [0.1, 0.15) is 0 Å². The summed E-state index contributed by atoms with van der Waals surface area (Å²) in [7, 11) is 0. The fourth-order valence-corrected chi connectivity index (χ4v) is 1.94. The second kappa shape index (κ2) is 7.81. The molecule has 0 saturated heterocycles. The number of aliphatic hydroxyl groups excluding tert-OH is 1. The van der Waals surface area contributed by atoms with E-state index in [-0.39, 0.29) is 29.4 Å². The van der Waals surface area contributed by atoms with E-state index in [1.165, 1.54) is 23.1 Å². The lowest BCUT2D eigenvalue weighted by molar-refractivity contribution is -0.384. The predicted octanol–water partition coefficient (Wildman–Crippen LogP) is 2.48. The zero-order valence-electron chi connectivity index (χ0n) is 11.2. The zero-order chi connectivity index (χ0) is 15.1. The lowest BCUT2D eigenvalue weighted by Gasteiger charge is -2.22. The number of hydrogen-bond acceptors (Lipinski definition) is 4. The van der Waals surface area contributed by atoms with Crippen molar-refractivity contribution in [1.82, 2.24) is 4.90 Å². The molecule has 0 fully saturated rings. The average molecular weight is 301 g/mol. The van der Waals surface area contributed by atoms with Crippen molar-refractivity contribution < 1.29 is 14.8 Å². The van der Waals surface area contributed by atoms with Gasteiger partial charge in [0.25, 0.3) is 11.6 Å². The van der Waals surface area contributed by atoms with E-state index < -0.39 is 10.8 Å². The minimum Gasteiger partial charge on any atom is -0.395 e. The minimum atomic E-state index is -0.574. The first-order chi connectivity index (χ1) is 9.51. The molecular weight excluding hydrogens is 284 g/mol. The van der Waals surface area contributed by atoms with Gasteiger partial charge in [0.2, 0.25) is 0 Å². The molecule has 0 spiro atoms. The van der Waals surface area contributed by atoms with Gasteiger partial charge in [-0.2, -0.15) is 0 Å². The Balaban J connectivity index is 3.03. The van der Waals surface area contributed by atoms with E-state index in [1.807, 2.05) is 6.92 Å². The van der Waals surface area contributed by atoms with Crippen LogP contribution in [0.2, 0.25) is 5.02 Å². The minimum absolute atomic E-state index is 0.0884.